The first-order chi connectivity index (χ1) is 18.9. The van der Waals surface area contributed by atoms with Crippen LogP contribution < -0.4 is 24.8 Å². The highest BCUT2D eigenvalue weighted by atomic mass is 16.5. The number of hydrogen-bond acceptors (Lipinski definition) is 6. The van der Waals surface area contributed by atoms with Crippen LogP contribution in [0.25, 0.3) is 0 Å². The molecule has 0 bridgehead atoms. The highest BCUT2D eigenvalue weighted by molar-refractivity contribution is 5.64. The predicted molar refractivity (Wildman–Crippen MR) is 156 cm³/mol. The molecular weight excluding hydrogens is 488 g/mol. The third-order valence-corrected chi connectivity index (χ3v) is 8.54. The van der Waals surface area contributed by atoms with Crippen molar-refractivity contribution in [2.24, 2.45) is 5.73 Å². The van der Waals surface area contributed by atoms with E-state index in [0.29, 0.717) is 18.3 Å². The van der Waals surface area contributed by atoms with Crippen molar-refractivity contribution in [1.29, 1.82) is 0 Å². The van der Waals surface area contributed by atoms with E-state index in [9.17, 15) is 5.11 Å². The van der Waals surface area contributed by atoms with Crippen molar-refractivity contribution in [2.45, 2.75) is 69.9 Å². The summed E-state index contributed by atoms with van der Waals surface area (Å²) in [6, 6.07) is 18.5. The summed E-state index contributed by atoms with van der Waals surface area (Å²) in [6.07, 6.45) is 7.37. The second kappa shape index (κ2) is 11.8. The van der Waals surface area contributed by atoms with E-state index >= 15 is 0 Å². The average molecular weight is 531 g/mol. The van der Waals surface area contributed by atoms with Crippen molar-refractivity contribution in [1.82, 2.24) is 0 Å². The number of hydrogen-bond donors (Lipinski definition) is 2. The maximum absolute atomic E-state index is 9.94. The van der Waals surface area contributed by atoms with Gasteiger partial charge >= 0.3 is 0 Å². The summed E-state index contributed by atoms with van der Waals surface area (Å²) < 4.78 is 17.5. The highest BCUT2D eigenvalue weighted by Crippen LogP contribution is 2.43. The van der Waals surface area contributed by atoms with Crippen molar-refractivity contribution in [2.75, 3.05) is 32.3 Å². The minimum Gasteiger partial charge on any atom is -0.508 e. The first-order valence-electron chi connectivity index (χ1n) is 14.2. The average Bonchev–Trinajstić information content (AvgIpc) is 3.41. The molecule has 208 valence electrons. The Kier molecular flexibility index (Phi) is 8.22. The van der Waals surface area contributed by atoms with Crippen molar-refractivity contribution in [3.05, 3.63) is 76.9 Å². The number of methoxy groups -OCH3 is 2. The first-order valence-corrected chi connectivity index (χ1v) is 14.2. The number of ether oxygens (including phenoxy) is 3. The Labute approximate surface area is 232 Å². The van der Waals surface area contributed by atoms with Crippen LogP contribution in [0.15, 0.2) is 54.6 Å². The van der Waals surface area contributed by atoms with E-state index in [2.05, 4.69) is 54.3 Å². The molecule has 1 saturated carbocycles. The third-order valence-electron chi connectivity index (χ3n) is 8.54. The molecule has 3 aromatic carbocycles. The zero-order valence-corrected chi connectivity index (χ0v) is 23.5. The van der Waals surface area contributed by atoms with Crippen LogP contribution in [-0.2, 0) is 19.4 Å². The zero-order chi connectivity index (χ0) is 27.4. The summed E-state index contributed by atoms with van der Waals surface area (Å²) in [6.45, 7) is 4.40. The van der Waals surface area contributed by atoms with Gasteiger partial charge in [0.05, 0.1) is 19.8 Å². The summed E-state index contributed by atoms with van der Waals surface area (Å²) in [5.74, 6) is 3.05. The number of rotatable bonds is 10. The van der Waals surface area contributed by atoms with E-state index in [0.717, 1.165) is 62.4 Å². The van der Waals surface area contributed by atoms with Crippen LogP contribution in [0.1, 0.15) is 67.2 Å². The quantitative estimate of drug-likeness (QED) is 0.318. The Morgan fingerprint density at radius 3 is 2.36 bits per heavy atom. The number of fused-ring (bicyclic) bond motifs is 1. The molecule has 3 aromatic rings. The smallest absolute Gasteiger partial charge is 0.162 e. The molecule has 3 N–H and O–H groups in total. The van der Waals surface area contributed by atoms with Gasteiger partial charge in [0.25, 0.3) is 0 Å². The second-order valence-electron chi connectivity index (χ2n) is 11.2. The van der Waals surface area contributed by atoms with Crippen LogP contribution in [0, 0.1) is 0 Å². The molecule has 0 saturated heterocycles. The number of nitrogens with two attached hydrogens (primary N) is 1. The summed E-state index contributed by atoms with van der Waals surface area (Å²) in [4.78, 5) is 2.41. The fraction of sp³-hybridized carbons (Fsp3) is 0.455. The van der Waals surface area contributed by atoms with Crippen molar-refractivity contribution in [3.63, 3.8) is 0 Å². The van der Waals surface area contributed by atoms with Gasteiger partial charge in [-0.15, -0.1) is 0 Å². The van der Waals surface area contributed by atoms with Gasteiger partial charge in [-0.1, -0.05) is 31.0 Å². The van der Waals surface area contributed by atoms with E-state index in [-0.39, 0.29) is 5.54 Å². The number of benzene rings is 3. The van der Waals surface area contributed by atoms with Crippen molar-refractivity contribution in [3.8, 4) is 23.0 Å². The number of phenols is 1. The number of nitrogens with zero attached hydrogens (tertiary/aromatic N) is 1. The zero-order valence-electron chi connectivity index (χ0n) is 23.5. The number of anilines is 1. The molecule has 2 aliphatic rings. The molecule has 6 heteroatoms. The van der Waals surface area contributed by atoms with Crippen LogP contribution in [0.4, 0.5) is 5.69 Å². The molecule has 0 radical (unpaired) electrons. The molecule has 1 fully saturated rings. The van der Waals surface area contributed by atoms with Crippen LogP contribution in [0.2, 0.25) is 0 Å². The maximum Gasteiger partial charge on any atom is 0.162 e. The lowest BCUT2D eigenvalue weighted by molar-refractivity contribution is 0.220. The Hall–Kier alpha value is -3.38. The number of aromatic hydroxyl groups is 1. The summed E-state index contributed by atoms with van der Waals surface area (Å²) in [7, 11) is 3.39. The largest absolute Gasteiger partial charge is 0.508 e. The van der Waals surface area contributed by atoms with Crippen molar-refractivity contribution >= 4 is 5.69 Å². The molecule has 0 aliphatic heterocycles. The minimum absolute atomic E-state index is 0.179. The molecule has 0 amide bonds. The Bertz CT molecular complexity index is 1270. The van der Waals surface area contributed by atoms with Gasteiger partial charge in [-0.05, 0) is 97.5 Å². The lowest BCUT2D eigenvalue weighted by Crippen LogP contribution is -2.42. The number of phenolic OH excluding ortho intramolecular Hbond substituents is 1. The van der Waals surface area contributed by atoms with Crippen LogP contribution in [0.5, 0.6) is 23.0 Å². The summed E-state index contributed by atoms with van der Waals surface area (Å²) >= 11 is 0. The van der Waals surface area contributed by atoms with Gasteiger partial charge in [0.15, 0.2) is 11.5 Å². The van der Waals surface area contributed by atoms with Gasteiger partial charge < -0.3 is 30.0 Å². The monoisotopic (exact) mass is 530 g/mol. The predicted octanol–water partition coefficient (Wildman–Crippen LogP) is 6.36. The van der Waals surface area contributed by atoms with Gasteiger partial charge in [0.1, 0.15) is 18.1 Å². The maximum atomic E-state index is 9.94. The standard InChI is InChI=1S/C33H42N2O4/c1-4-35(21-23-7-13-28(14-8-23)39-22-33(34)15-5-6-16-33)30-20-32(38-3)31(37-2)19-29(30)26-10-9-25-18-27(36)12-11-24(25)17-26/h7-8,11-14,18-20,26,36H,4-6,9-10,15-17,21-22,34H2,1-3H3/t26-/m1/s1. The van der Waals surface area contributed by atoms with E-state index < -0.39 is 0 Å². The molecule has 1 atom stereocenters. The molecule has 0 unspecified atom stereocenters. The molecule has 6 nitrogen and oxygen atoms in total. The van der Waals surface area contributed by atoms with Gasteiger partial charge in [-0.3, -0.25) is 0 Å². The van der Waals surface area contributed by atoms with Gasteiger partial charge in [0, 0.05) is 24.8 Å². The summed E-state index contributed by atoms with van der Waals surface area (Å²) in [5.41, 5.74) is 12.5. The van der Waals surface area contributed by atoms with Gasteiger partial charge in [-0.2, -0.15) is 0 Å². The molecule has 0 aromatic heterocycles. The third kappa shape index (κ3) is 6.11. The number of aryl methyl sites for hydroxylation is 1. The topological polar surface area (TPSA) is 77.2 Å². The van der Waals surface area contributed by atoms with E-state index in [1.165, 1.54) is 40.8 Å². The van der Waals surface area contributed by atoms with Crippen LogP contribution >= 0.6 is 0 Å². The molecule has 0 heterocycles. The molecular formula is C33H42N2O4. The Balaban J connectivity index is 1.38. The lowest BCUT2D eigenvalue weighted by Gasteiger charge is -2.32. The molecule has 39 heavy (non-hydrogen) atoms. The molecule has 0 spiro atoms. The second-order valence-corrected chi connectivity index (χ2v) is 11.2. The molecule has 5 rings (SSSR count). The first kappa shape index (κ1) is 27.2. The SMILES string of the molecule is CCN(Cc1ccc(OCC2(N)CCCC2)cc1)c1cc(OC)c(OC)cc1[C@@H]1CCc2cc(O)ccc2C1. The normalized spacial score (nSPS) is 17.9. The van der Waals surface area contributed by atoms with Crippen LogP contribution in [-0.4, -0.2) is 38.0 Å². The minimum atomic E-state index is -0.179. The lowest BCUT2D eigenvalue weighted by atomic mass is 9.79. The van der Waals surface area contributed by atoms with E-state index in [4.69, 9.17) is 19.9 Å². The summed E-state index contributed by atoms with van der Waals surface area (Å²) in [5, 5.41) is 9.94. The molecule has 2 aliphatic carbocycles. The van der Waals surface area contributed by atoms with Gasteiger partial charge in [-0.25, -0.2) is 0 Å². The van der Waals surface area contributed by atoms with Gasteiger partial charge in [0.2, 0.25) is 0 Å². The van der Waals surface area contributed by atoms with E-state index in [1.54, 1.807) is 20.3 Å². The van der Waals surface area contributed by atoms with Crippen LogP contribution in [0.3, 0.4) is 0 Å². The Morgan fingerprint density at radius 1 is 0.949 bits per heavy atom. The van der Waals surface area contributed by atoms with Crippen molar-refractivity contribution < 1.29 is 19.3 Å². The fourth-order valence-electron chi connectivity index (χ4n) is 6.22. The van der Waals surface area contributed by atoms with E-state index in [1.807, 2.05) is 6.07 Å². The fourth-order valence-corrected chi connectivity index (χ4v) is 6.22. The Morgan fingerprint density at radius 2 is 1.67 bits per heavy atom. The highest BCUT2D eigenvalue weighted by Gasteiger charge is 2.30.